The van der Waals surface area contributed by atoms with E-state index in [2.05, 4.69) is 33.6 Å². The Bertz CT molecular complexity index is 253. The molecule has 7 heteroatoms. The zero-order chi connectivity index (χ0) is 12.7. The fourth-order valence-corrected chi connectivity index (χ4v) is 2.32. The highest BCUT2D eigenvalue weighted by atomic mass is 32.2. The molecular formula is C10H23N5OS. The molecule has 0 aliphatic carbocycles. The quantitative estimate of drug-likeness (QED) is 0.299. The molecule has 1 aliphatic heterocycles. The Morgan fingerprint density at radius 1 is 1.41 bits per heavy atom. The first-order valence-corrected chi connectivity index (χ1v) is 6.49. The Kier molecular flexibility index (Phi) is 6.07. The summed E-state index contributed by atoms with van der Waals surface area (Å²) in [6.07, 6.45) is 1.76. The van der Waals surface area contributed by atoms with Crippen LogP contribution in [0.25, 0.3) is 0 Å². The van der Waals surface area contributed by atoms with Gasteiger partial charge in [0.2, 0.25) is 0 Å². The van der Waals surface area contributed by atoms with Crippen LogP contribution >= 0.6 is 12.1 Å². The fourth-order valence-electron chi connectivity index (χ4n) is 1.52. The topological polar surface area (TPSA) is 74.6 Å². The van der Waals surface area contributed by atoms with Crippen LogP contribution in [0.1, 0.15) is 13.8 Å². The smallest absolute Gasteiger partial charge is 0.0648 e. The van der Waals surface area contributed by atoms with Crippen LogP contribution in [0.2, 0.25) is 0 Å². The summed E-state index contributed by atoms with van der Waals surface area (Å²) in [4.78, 5) is 0. The van der Waals surface area contributed by atoms with Crippen molar-refractivity contribution in [1.29, 1.82) is 0 Å². The Balaban J connectivity index is 2.44. The van der Waals surface area contributed by atoms with Crippen LogP contribution in [0, 0.1) is 0 Å². The average Bonchev–Trinajstić information content (AvgIpc) is 2.34. The van der Waals surface area contributed by atoms with Gasteiger partial charge >= 0.3 is 0 Å². The minimum absolute atomic E-state index is 0.190. The number of nitrogens with two attached hydrogens (primary N) is 1. The maximum Gasteiger partial charge on any atom is 0.0648 e. The van der Waals surface area contributed by atoms with Crippen molar-refractivity contribution in [2.24, 2.45) is 5.84 Å². The molecule has 1 saturated heterocycles. The maximum atomic E-state index is 5.31. The summed E-state index contributed by atoms with van der Waals surface area (Å²) in [5.41, 5.74) is 3.37. The summed E-state index contributed by atoms with van der Waals surface area (Å²) in [7, 11) is 1.88. The number of nitrogens with one attached hydrogen (secondary N) is 3. The third-order valence-electron chi connectivity index (χ3n) is 2.57. The first-order valence-electron chi connectivity index (χ1n) is 5.71. The van der Waals surface area contributed by atoms with E-state index in [0.29, 0.717) is 0 Å². The zero-order valence-corrected chi connectivity index (χ0v) is 11.6. The summed E-state index contributed by atoms with van der Waals surface area (Å²) >= 11 is 1.63. The summed E-state index contributed by atoms with van der Waals surface area (Å²) in [5, 5.41) is 3.13. The van der Waals surface area contributed by atoms with Crippen LogP contribution in [0.3, 0.4) is 0 Å². The second-order valence-electron chi connectivity index (χ2n) is 4.33. The number of likely N-dealkylation sites (N-methyl/N-ethyl adjacent to an activating group) is 1. The van der Waals surface area contributed by atoms with E-state index in [4.69, 9.17) is 10.6 Å². The molecule has 0 atom stereocenters. The molecule has 1 rings (SSSR count). The molecule has 1 fully saturated rings. The van der Waals surface area contributed by atoms with Gasteiger partial charge in [-0.2, -0.15) is 0 Å². The van der Waals surface area contributed by atoms with Gasteiger partial charge in [0.05, 0.1) is 18.8 Å². The number of hydrazine groups is 1. The monoisotopic (exact) mass is 261 g/mol. The summed E-state index contributed by atoms with van der Waals surface area (Å²) in [6, 6.07) is 0. The minimum Gasteiger partial charge on any atom is -0.389 e. The van der Waals surface area contributed by atoms with Crippen molar-refractivity contribution in [3.05, 3.63) is 11.9 Å². The number of morpholine rings is 1. The minimum atomic E-state index is -0.190. The van der Waals surface area contributed by atoms with Gasteiger partial charge in [-0.1, -0.05) is 0 Å². The molecular weight excluding hydrogens is 238 g/mol. The number of nitrogens with zero attached hydrogens (tertiary/aromatic N) is 1. The third kappa shape index (κ3) is 4.72. The van der Waals surface area contributed by atoms with Crippen molar-refractivity contribution in [2.75, 3.05) is 33.4 Å². The lowest BCUT2D eigenvalue weighted by molar-refractivity contribution is 0.0768. The van der Waals surface area contributed by atoms with Gasteiger partial charge in [0.15, 0.2) is 0 Å². The molecule has 0 aromatic carbocycles. The normalized spacial score (nSPS) is 19.2. The lowest BCUT2D eigenvalue weighted by atomic mass is 10.0. The van der Waals surface area contributed by atoms with Crippen LogP contribution in [-0.2, 0) is 4.74 Å². The zero-order valence-electron chi connectivity index (χ0n) is 10.7. The molecule has 100 valence electrons. The molecule has 0 amide bonds. The van der Waals surface area contributed by atoms with E-state index >= 15 is 0 Å². The summed E-state index contributed by atoms with van der Waals surface area (Å²) in [5.74, 6) is 5.31. The molecule has 5 N–H and O–H groups in total. The van der Waals surface area contributed by atoms with E-state index in [9.17, 15) is 0 Å². The van der Waals surface area contributed by atoms with Crippen molar-refractivity contribution >= 4 is 12.1 Å². The highest BCUT2D eigenvalue weighted by Crippen LogP contribution is 2.18. The Hall–Kier alpha value is -0.470. The van der Waals surface area contributed by atoms with Gasteiger partial charge < -0.3 is 15.5 Å². The Morgan fingerprint density at radius 3 is 2.59 bits per heavy atom. The Labute approximate surface area is 108 Å². The number of hydrogen-bond donors (Lipinski definition) is 4. The largest absolute Gasteiger partial charge is 0.389 e. The van der Waals surface area contributed by atoms with E-state index in [-0.39, 0.29) is 5.54 Å². The molecule has 0 aromatic heterocycles. The van der Waals surface area contributed by atoms with Crippen molar-refractivity contribution in [2.45, 2.75) is 19.4 Å². The molecule has 17 heavy (non-hydrogen) atoms. The Morgan fingerprint density at radius 2 is 2.06 bits per heavy atom. The lowest BCUT2D eigenvalue weighted by Gasteiger charge is -2.32. The van der Waals surface area contributed by atoms with Gasteiger partial charge in [0.1, 0.15) is 0 Å². The number of rotatable bonds is 6. The van der Waals surface area contributed by atoms with Crippen LogP contribution in [0.5, 0.6) is 0 Å². The average molecular weight is 261 g/mol. The van der Waals surface area contributed by atoms with Crippen molar-refractivity contribution in [3.63, 3.8) is 0 Å². The van der Waals surface area contributed by atoms with Crippen LogP contribution in [0.4, 0.5) is 0 Å². The molecule has 0 saturated carbocycles. The van der Waals surface area contributed by atoms with E-state index in [1.807, 2.05) is 7.05 Å². The van der Waals surface area contributed by atoms with Crippen molar-refractivity contribution < 1.29 is 4.74 Å². The predicted molar refractivity (Wildman–Crippen MR) is 71.7 cm³/mol. The van der Waals surface area contributed by atoms with E-state index < -0.39 is 0 Å². The number of ether oxygens (including phenoxy) is 1. The summed E-state index contributed by atoms with van der Waals surface area (Å²) in [6.45, 7) is 7.69. The molecule has 1 aliphatic rings. The fraction of sp³-hybridized carbons (Fsp3) is 0.800. The van der Waals surface area contributed by atoms with E-state index in [1.54, 1.807) is 18.3 Å². The maximum absolute atomic E-state index is 5.31. The van der Waals surface area contributed by atoms with Crippen LogP contribution in [0.15, 0.2) is 11.9 Å². The van der Waals surface area contributed by atoms with Crippen molar-refractivity contribution in [3.8, 4) is 0 Å². The molecule has 0 bridgehead atoms. The molecule has 0 radical (unpaired) electrons. The summed E-state index contributed by atoms with van der Waals surface area (Å²) < 4.78 is 11.0. The van der Waals surface area contributed by atoms with Crippen LogP contribution < -0.4 is 21.3 Å². The van der Waals surface area contributed by atoms with Gasteiger partial charge in [-0.3, -0.25) is 5.84 Å². The van der Waals surface area contributed by atoms with E-state index in [1.165, 1.54) is 0 Å². The van der Waals surface area contributed by atoms with E-state index in [0.717, 1.165) is 32.0 Å². The van der Waals surface area contributed by atoms with Gasteiger partial charge in [0, 0.05) is 44.2 Å². The van der Waals surface area contributed by atoms with Gasteiger partial charge in [-0.25, -0.2) is 9.03 Å². The van der Waals surface area contributed by atoms with Gasteiger partial charge in [-0.05, 0) is 13.8 Å². The predicted octanol–water partition coefficient (Wildman–Crippen LogP) is -0.226. The first-order chi connectivity index (χ1) is 8.10. The van der Waals surface area contributed by atoms with Crippen molar-refractivity contribution in [1.82, 2.24) is 19.8 Å². The van der Waals surface area contributed by atoms with Crippen LogP contribution in [-0.4, -0.2) is 43.2 Å². The molecule has 0 spiro atoms. The molecule has 6 nitrogen and oxygen atoms in total. The lowest BCUT2D eigenvalue weighted by Crippen LogP contribution is -2.45. The second-order valence-corrected chi connectivity index (χ2v) is 5.24. The highest BCUT2D eigenvalue weighted by molar-refractivity contribution is 7.95. The SMILES string of the molecule is CN/C(=C\NN)C(C)(C)NSN1CCOCC1. The third-order valence-corrected chi connectivity index (χ3v) is 3.80. The van der Waals surface area contributed by atoms with Gasteiger partial charge in [-0.15, -0.1) is 0 Å². The number of hydrogen-bond acceptors (Lipinski definition) is 7. The molecule has 0 unspecified atom stereocenters. The highest BCUT2D eigenvalue weighted by Gasteiger charge is 2.24. The van der Waals surface area contributed by atoms with Gasteiger partial charge in [0.25, 0.3) is 0 Å². The first kappa shape index (κ1) is 14.6. The second kappa shape index (κ2) is 7.07. The standard InChI is InChI=1S/C10H23N5OS/c1-10(2,9(12-3)8-13-11)14-17-15-4-6-16-7-5-15/h8,12-14H,4-7,11H2,1-3H3/b9-8-. The molecule has 0 aromatic rings. The molecule has 1 heterocycles.